The Hall–Kier alpha value is -8.44. The predicted octanol–water partition coefficient (Wildman–Crippen LogP) is 15.9. The fourth-order valence-corrected chi connectivity index (χ4v) is 14.5. The summed E-state index contributed by atoms with van der Waals surface area (Å²) in [6.45, 7) is 11.5. The van der Waals surface area contributed by atoms with Crippen LogP contribution in [0.1, 0.15) is 121 Å². The lowest BCUT2D eigenvalue weighted by atomic mass is 9.67. The van der Waals surface area contributed by atoms with Gasteiger partial charge in [0.05, 0.1) is 56.4 Å². The molecule has 4 unspecified atom stereocenters. The maximum Gasteiger partial charge on any atom is 0.0995 e. The van der Waals surface area contributed by atoms with Crippen LogP contribution < -0.4 is 0 Å². The molecule has 13 aromatic rings. The van der Waals surface area contributed by atoms with Crippen LogP contribution in [0.4, 0.5) is 0 Å². The molecule has 0 saturated heterocycles. The highest BCUT2D eigenvalue weighted by Crippen LogP contribution is 2.56. The van der Waals surface area contributed by atoms with Crippen molar-refractivity contribution in [1.29, 1.82) is 10.5 Å². The molecule has 4 aromatic heterocycles. The summed E-state index contributed by atoms with van der Waals surface area (Å²) < 4.78 is 5.04. The average Bonchev–Trinajstić information content (AvgIpc) is 4.13. The van der Waals surface area contributed by atoms with Gasteiger partial charge in [-0.15, -0.1) is 0 Å². The largest absolute Gasteiger partial charge is 0.308 e. The average molecular weight is 881 g/mol. The molecule has 324 valence electrons. The molecular formula is C65H44N4. The highest BCUT2D eigenvalue weighted by molar-refractivity contribution is 6.32. The third-order valence-corrected chi connectivity index (χ3v) is 17.1. The van der Waals surface area contributed by atoms with Gasteiger partial charge >= 0.3 is 0 Å². The van der Waals surface area contributed by atoms with Crippen molar-refractivity contribution in [1.82, 2.24) is 8.80 Å². The summed E-state index contributed by atoms with van der Waals surface area (Å²) in [4.78, 5) is 0. The molecule has 0 fully saturated rings. The second kappa shape index (κ2) is 13.4. The maximum atomic E-state index is 11.3. The second-order valence-corrected chi connectivity index (χ2v) is 20.1. The van der Waals surface area contributed by atoms with E-state index < -0.39 is 0 Å². The molecule has 0 aliphatic heterocycles. The second-order valence-electron chi connectivity index (χ2n) is 20.1. The van der Waals surface area contributed by atoms with E-state index in [2.05, 4.69) is 207 Å². The zero-order valence-corrected chi connectivity index (χ0v) is 39.0. The lowest BCUT2D eigenvalue weighted by molar-refractivity contribution is 0.797. The summed E-state index contributed by atoms with van der Waals surface area (Å²) in [6, 6.07) is 60.9. The number of aryl methyl sites for hydroxylation is 3. The van der Waals surface area contributed by atoms with Gasteiger partial charge in [0.25, 0.3) is 0 Å². The number of hydrogen-bond donors (Lipinski definition) is 0. The zero-order chi connectivity index (χ0) is 46.3. The third kappa shape index (κ3) is 4.54. The van der Waals surface area contributed by atoms with Gasteiger partial charge in [-0.1, -0.05) is 153 Å². The number of rotatable bonds is 2. The number of nitrogens with zero attached hydrogens (tertiary/aromatic N) is 4. The Morgan fingerprint density at radius 2 is 0.797 bits per heavy atom. The summed E-state index contributed by atoms with van der Waals surface area (Å²) in [6.07, 6.45) is 0. The third-order valence-electron chi connectivity index (χ3n) is 17.1. The first-order valence-electron chi connectivity index (χ1n) is 24.4. The zero-order valence-electron chi connectivity index (χ0n) is 39.0. The minimum atomic E-state index is -0.0593. The minimum absolute atomic E-state index is 0.0555. The maximum absolute atomic E-state index is 11.3. The van der Waals surface area contributed by atoms with Crippen LogP contribution in [0.2, 0.25) is 0 Å². The molecule has 0 saturated carbocycles. The summed E-state index contributed by atoms with van der Waals surface area (Å²) >= 11 is 0. The highest BCUT2D eigenvalue weighted by Gasteiger charge is 2.39. The molecule has 4 atom stereocenters. The van der Waals surface area contributed by atoms with E-state index in [1.54, 1.807) is 0 Å². The van der Waals surface area contributed by atoms with Gasteiger partial charge in [-0.2, -0.15) is 10.5 Å². The Morgan fingerprint density at radius 1 is 0.391 bits per heavy atom. The van der Waals surface area contributed by atoms with Gasteiger partial charge in [0.1, 0.15) is 0 Å². The molecule has 4 heterocycles. The molecule has 2 aliphatic rings. The first-order valence-corrected chi connectivity index (χ1v) is 24.4. The van der Waals surface area contributed by atoms with Crippen molar-refractivity contribution in [3.8, 4) is 12.1 Å². The molecular weight excluding hydrogens is 837 g/mol. The van der Waals surface area contributed by atoms with Gasteiger partial charge in [-0.25, -0.2) is 0 Å². The molecule has 0 bridgehead atoms. The fraction of sp³-hybridized carbons (Fsp3) is 0.138. The van der Waals surface area contributed by atoms with Crippen molar-refractivity contribution in [3.63, 3.8) is 0 Å². The molecule has 0 N–H and O–H groups in total. The molecule has 4 heteroatoms. The van der Waals surface area contributed by atoms with Gasteiger partial charge in [-0.05, 0) is 105 Å². The smallest absolute Gasteiger partial charge is 0.0995 e. The van der Waals surface area contributed by atoms with E-state index in [-0.39, 0.29) is 23.7 Å². The van der Waals surface area contributed by atoms with Gasteiger partial charge in [0.15, 0.2) is 0 Å². The van der Waals surface area contributed by atoms with Crippen LogP contribution in [0.25, 0.3) is 76.2 Å². The number of fused-ring (bicyclic) bond motifs is 18. The molecule has 0 amide bonds. The number of aromatic nitrogens is 2. The van der Waals surface area contributed by atoms with E-state index in [1.165, 1.54) is 126 Å². The topological polar surface area (TPSA) is 56.4 Å². The Labute approximate surface area is 399 Å². The number of nitriles is 2. The van der Waals surface area contributed by atoms with Crippen LogP contribution in [-0.2, 0) is 0 Å². The SMILES string of the molecule is Cc1ccccc1C1c2ccccc2C(C)c2c1c(C#N)cc1c2c2cccc3c4c(C)c5c(c(C)c4n1c23)c1cccc2c3c4c(c(C#N)cc3n5c21)C(c1ccccc1)c1ccccc1C4C. The summed E-state index contributed by atoms with van der Waals surface area (Å²) in [7, 11) is 0. The van der Waals surface area contributed by atoms with Crippen molar-refractivity contribution < 1.29 is 0 Å². The van der Waals surface area contributed by atoms with Crippen LogP contribution in [0.5, 0.6) is 0 Å². The van der Waals surface area contributed by atoms with Crippen molar-refractivity contribution >= 4 is 76.2 Å². The van der Waals surface area contributed by atoms with Crippen LogP contribution in [0.3, 0.4) is 0 Å². The molecule has 9 aromatic carbocycles. The first kappa shape index (κ1) is 38.6. The minimum Gasteiger partial charge on any atom is -0.308 e. The Morgan fingerprint density at radius 3 is 1.28 bits per heavy atom. The normalized spacial score (nSPS) is 17.6. The number of para-hydroxylation sites is 2. The summed E-state index contributed by atoms with van der Waals surface area (Å²) in [5.74, 6) is 0.0492. The van der Waals surface area contributed by atoms with Crippen LogP contribution >= 0.6 is 0 Å². The van der Waals surface area contributed by atoms with E-state index in [9.17, 15) is 10.5 Å². The highest BCUT2D eigenvalue weighted by atomic mass is 14.9. The van der Waals surface area contributed by atoms with E-state index in [0.717, 1.165) is 33.3 Å². The lowest BCUT2D eigenvalue weighted by Crippen LogP contribution is -2.20. The van der Waals surface area contributed by atoms with Crippen molar-refractivity contribution in [3.05, 3.63) is 235 Å². The Kier molecular flexibility index (Phi) is 7.49. The summed E-state index contributed by atoms with van der Waals surface area (Å²) in [5, 5.41) is 32.5. The predicted molar refractivity (Wildman–Crippen MR) is 282 cm³/mol. The van der Waals surface area contributed by atoms with Gasteiger partial charge in [0, 0.05) is 66.8 Å². The Balaban J connectivity index is 1.08. The van der Waals surface area contributed by atoms with Gasteiger partial charge in [-0.3, -0.25) is 0 Å². The van der Waals surface area contributed by atoms with Gasteiger partial charge < -0.3 is 8.80 Å². The molecule has 69 heavy (non-hydrogen) atoms. The van der Waals surface area contributed by atoms with Crippen LogP contribution in [-0.4, -0.2) is 8.80 Å². The molecule has 2 aliphatic carbocycles. The molecule has 0 radical (unpaired) electrons. The van der Waals surface area contributed by atoms with E-state index in [1.807, 2.05) is 0 Å². The van der Waals surface area contributed by atoms with E-state index in [4.69, 9.17) is 0 Å². The molecule has 4 nitrogen and oxygen atoms in total. The van der Waals surface area contributed by atoms with Crippen molar-refractivity contribution in [2.75, 3.05) is 0 Å². The quantitative estimate of drug-likeness (QED) is 0.174. The standard InChI is InChI=1S/C65H44N4/c1-33-17-9-10-20-41(33)59-45-24-14-12-22-43(45)35(3)55-58(59)40(32-67)30-51-61(55)49-28-16-26-47-53-36(4)62-52(37(5)63(53)69(51)65(47)49)46-25-15-27-48-60-50(68(62)64(46)48)29-39(31-66)57-54(60)34(2)42-21-11-13-23-44(42)56(57)38-18-7-6-8-19-38/h6-30,34-35,56,59H,1-5H3. The van der Waals surface area contributed by atoms with Crippen molar-refractivity contribution in [2.45, 2.75) is 58.3 Å². The monoisotopic (exact) mass is 880 g/mol. The number of hydrogen-bond acceptors (Lipinski definition) is 2. The van der Waals surface area contributed by atoms with Crippen LogP contribution in [0, 0.1) is 43.4 Å². The van der Waals surface area contributed by atoms with Crippen molar-refractivity contribution in [2.24, 2.45) is 0 Å². The lowest BCUT2D eigenvalue weighted by Gasteiger charge is -2.35. The van der Waals surface area contributed by atoms with Crippen LogP contribution in [0.15, 0.2) is 152 Å². The summed E-state index contributed by atoms with van der Waals surface area (Å²) in [5.41, 5.74) is 24.7. The number of benzene rings is 9. The first-order chi connectivity index (χ1) is 33.8. The van der Waals surface area contributed by atoms with E-state index >= 15 is 0 Å². The van der Waals surface area contributed by atoms with Gasteiger partial charge in [0.2, 0.25) is 0 Å². The fourth-order valence-electron chi connectivity index (χ4n) is 14.5. The van der Waals surface area contributed by atoms with E-state index in [0.29, 0.717) is 0 Å². The molecule has 0 spiro atoms. The Bertz CT molecular complexity index is 4530. The molecule has 15 rings (SSSR count).